The van der Waals surface area contributed by atoms with Gasteiger partial charge in [0, 0.05) is 45.8 Å². The predicted octanol–water partition coefficient (Wildman–Crippen LogP) is 1.67. The molecule has 1 saturated heterocycles. The van der Waals surface area contributed by atoms with Crippen LogP contribution in [0.2, 0.25) is 0 Å². The zero-order valence-electron chi connectivity index (χ0n) is 15.9. The Morgan fingerprint density at radius 3 is 2.18 bits per heavy atom. The summed E-state index contributed by atoms with van der Waals surface area (Å²) in [5, 5.41) is 0. The van der Waals surface area contributed by atoms with Crippen LogP contribution < -0.4 is 17.2 Å². The van der Waals surface area contributed by atoms with Gasteiger partial charge < -0.3 is 22.1 Å². The molecule has 0 aliphatic carbocycles. The molecule has 1 unspecified atom stereocenters. The zero-order valence-corrected chi connectivity index (χ0v) is 15.9. The Morgan fingerprint density at radius 2 is 1.75 bits per heavy atom. The Morgan fingerprint density at radius 1 is 1.18 bits per heavy atom. The topological polar surface area (TPSA) is 96.9 Å². The van der Waals surface area contributed by atoms with Gasteiger partial charge in [-0.2, -0.15) is 13.2 Å². The number of nitrogens with zero attached hydrogens (tertiary/aromatic N) is 3. The average molecular weight is 396 g/mol. The van der Waals surface area contributed by atoms with E-state index in [1.54, 1.807) is 13.1 Å². The predicted molar refractivity (Wildman–Crippen MR) is 105 cm³/mol. The summed E-state index contributed by atoms with van der Waals surface area (Å²) >= 11 is 0. The first-order chi connectivity index (χ1) is 13.2. The number of nitrogens with two attached hydrogens (primary N) is 3. The molecule has 1 aliphatic rings. The number of benzene rings is 1. The molecule has 0 radical (unpaired) electrons. The monoisotopic (exact) mass is 396 g/mol. The molecule has 6 nitrogen and oxygen atoms in total. The van der Waals surface area contributed by atoms with E-state index in [0.717, 1.165) is 17.7 Å². The molecular weight excluding hydrogens is 369 g/mol. The highest BCUT2D eigenvalue weighted by Gasteiger charge is 2.31. The van der Waals surface area contributed by atoms with E-state index in [0.29, 0.717) is 50.0 Å². The Labute approximate surface area is 163 Å². The third-order valence-electron chi connectivity index (χ3n) is 4.94. The first kappa shape index (κ1) is 21.8. The minimum absolute atomic E-state index is 0.157. The lowest BCUT2D eigenvalue weighted by Gasteiger charge is -2.40. The summed E-state index contributed by atoms with van der Waals surface area (Å²) in [6.45, 7) is 6.64. The molecule has 1 aromatic rings. The van der Waals surface area contributed by atoms with Crippen LogP contribution in [0.5, 0.6) is 0 Å². The average Bonchev–Trinajstić information content (AvgIpc) is 2.69. The zero-order chi connectivity index (χ0) is 20.9. The second kappa shape index (κ2) is 9.11. The van der Waals surface area contributed by atoms with Crippen molar-refractivity contribution in [3.8, 4) is 0 Å². The van der Waals surface area contributed by atoms with Gasteiger partial charge in [-0.3, -0.25) is 9.89 Å². The first-order valence-corrected chi connectivity index (χ1v) is 8.94. The van der Waals surface area contributed by atoms with Gasteiger partial charge >= 0.3 is 6.18 Å². The summed E-state index contributed by atoms with van der Waals surface area (Å²) in [6, 6.07) is 5.02. The molecule has 28 heavy (non-hydrogen) atoms. The van der Waals surface area contributed by atoms with Gasteiger partial charge in [0.2, 0.25) is 0 Å². The lowest BCUT2D eigenvalue weighted by atomic mass is 10.0. The number of rotatable bonds is 6. The number of aliphatic imine (C=N–C) groups is 1. The van der Waals surface area contributed by atoms with Crippen molar-refractivity contribution < 1.29 is 13.2 Å². The van der Waals surface area contributed by atoms with Crippen molar-refractivity contribution in [1.29, 1.82) is 0 Å². The van der Waals surface area contributed by atoms with Gasteiger partial charge in [-0.1, -0.05) is 24.8 Å². The Kier molecular flexibility index (Phi) is 7.09. The van der Waals surface area contributed by atoms with E-state index in [4.69, 9.17) is 17.2 Å². The van der Waals surface area contributed by atoms with Crippen LogP contribution in [0.1, 0.15) is 17.2 Å². The van der Waals surface area contributed by atoms with Crippen LogP contribution in [-0.4, -0.2) is 55.4 Å². The van der Waals surface area contributed by atoms with Crippen LogP contribution >= 0.6 is 0 Å². The highest BCUT2D eigenvalue weighted by Crippen LogP contribution is 2.31. The van der Waals surface area contributed by atoms with Gasteiger partial charge in [0.25, 0.3) is 0 Å². The lowest BCUT2D eigenvalue weighted by Crippen LogP contribution is -2.50. The molecule has 0 aromatic heterocycles. The summed E-state index contributed by atoms with van der Waals surface area (Å²) in [4.78, 5) is 8.09. The Bertz CT molecular complexity index is 731. The minimum Gasteiger partial charge on any atom is -0.385 e. The fraction of sp³-hybridized carbons (Fsp3) is 0.421. The number of hydrogen-bond donors (Lipinski definition) is 3. The summed E-state index contributed by atoms with van der Waals surface area (Å²) in [5.74, 6) is 0.830. The quantitative estimate of drug-likeness (QED) is 0.386. The molecule has 0 amide bonds. The molecule has 1 aromatic carbocycles. The smallest absolute Gasteiger partial charge is 0.385 e. The fourth-order valence-electron chi connectivity index (χ4n) is 3.30. The van der Waals surface area contributed by atoms with Gasteiger partial charge in [-0.05, 0) is 17.7 Å². The second-order valence-electron chi connectivity index (χ2n) is 6.51. The maximum absolute atomic E-state index is 12.8. The van der Waals surface area contributed by atoms with Gasteiger partial charge in [0.1, 0.15) is 11.7 Å². The summed E-state index contributed by atoms with van der Waals surface area (Å²) < 4.78 is 38.3. The highest BCUT2D eigenvalue weighted by atomic mass is 19.4. The largest absolute Gasteiger partial charge is 0.416 e. The highest BCUT2D eigenvalue weighted by molar-refractivity contribution is 5.99. The molecule has 0 spiro atoms. The van der Waals surface area contributed by atoms with Crippen molar-refractivity contribution in [1.82, 2.24) is 9.80 Å². The fourth-order valence-corrected chi connectivity index (χ4v) is 3.30. The standard InChI is InChI=1S/C19H27F3N6/c1-3-15(17(24)26-2)18(25)28-10-8-27(9-11-28)16(12-23)13-4-6-14(7-5-13)19(20,21)22/h3-7,16H,1,8-12,23,25H2,2H3,(H2,24,26). The third kappa shape index (κ3) is 4.85. The van der Waals surface area contributed by atoms with Crippen molar-refractivity contribution in [2.75, 3.05) is 39.8 Å². The van der Waals surface area contributed by atoms with Gasteiger partial charge in [-0.15, -0.1) is 0 Å². The van der Waals surface area contributed by atoms with E-state index < -0.39 is 11.7 Å². The Balaban J connectivity index is 2.10. The molecule has 154 valence electrons. The van der Waals surface area contributed by atoms with Gasteiger partial charge in [0.15, 0.2) is 0 Å². The van der Waals surface area contributed by atoms with Crippen LogP contribution in [0.15, 0.2) is 53.3 Å². The number of alkyl halides is 3. The summed E-state index contributed by atoms with van der Waals surface area (Å²) in [6.07, 6.45) is -2.77. The van der Waals surface area contributed by atoms with E-state index in [1.807, 2.05) is 4.90 Å². The van der Waals surface area contributed by atoms with Crippen LogP contribution in [0.4, 0.5) is 13.2 Å². The van der Waals surface area contributed by atoms with E-state index in [2.05, 4.69) is 16.5 Å². The molecule has 0 bridgehead atoms. The number of hydrogen-bond acceptors (Lipinski definition) is 5. The summed E-state index contributed by atoms with van der Waals surface area (Å²) in [5.41, 5.74) is 18.7. The van der Waals surface area contributed by atoms with Crippen molar-refractivity contribution in [2.24, 2.45) is 22.2 Å². The molecule has 9 heteroatoms. The molecule has 1 fully saturated rings. The molecule has 2 rings (SSSR count). The first-order valence-electron chi connectivity index (χ1n) is 8.94. The van der Waals surface area contributed by atoms with Crippen molar-refractivity contribution in [2.45, 2.75) is 12.2 Å². The van der Waals surface area contributed by atoms with Crippen molar-refractivity contribution in [3.05, 3.63) is 59.4 Å². The molecule has 0 saturated carbocycles. The molecule has 1 aliphatic heterocycles. The maximum atomic E-state index is 12.8. The van der Waals surface area contributed by atoms with E-state index >= 15 is 0 Å². The molecule has 6 N–H and O–H groups in total. The van der Waals surface area contributed by atoms with Gasteiger partial charge in [-0.25, -0.2) is 0 Å². The molecule has 1 heterocycles. The maximum Gasteiger partial charge on any atom is 0.416 e. The van der Waals surface area contributed by atoms with Crippen molar-refractivity contribution >= 4 is 5.84 Å². The van der Waals surface area contributed by atoms with Crippen molar-refractivity contribution in [3.63, 3.8) is 0 Å². The van der Waals surface area contributed by atoms with E-state index in [1.165, 1.54) is 12.1 Å². The number of piperazine rings is 1. The van der Waals surface area contributed by atoms with E-state index in [-0.39, 0.29) is 6.04 Å². The number of amidine groups is 1. The molecule has 1 atom stereocenters. The minimum atomic E-state index is -4.35. The Hall–Kier alpha value is -2.52. The molecular formula is C19H27F3N6. The van der Waals surface area contributed by atoms with Crippen LogP contribution in [-0.2, 0) is 6.18 Å². The van der Waals surface area contributed by atoms with Gasteiger partial charge in [0.05, 0.1) is 11.1 Å². The normalized spacial score (nSPS) is 18.6. The second-order valence-corrected chi connectivity index (χ2v) is 6.51. The van der Waals surface area contributed by atoms with Crippen LogP contribution in [0.3, 0.4) is 0 Å². The number of halogens is 3. The van der Waals surface area contributed by atoms with E-state index in [9.17, 15) is 13.2 Å². The lowest BCUT2D eigenvalue weighted by molar-refractivity contribution is -0.137. The SMILES string of the molecule is C=CC(C(N)=NC)=C(N)N1CCN(C(CN)c2ccc(C(F)(F)F)cc2)CC1. The summed E-state index contributed by atoms with van der Waals surface area (Å²) in [7, 11) is 1.58. The van der Waals surface area contributed by atoms with Crippen LogP contribution in [0.25, 0.3) is 0 Å². The third-order valence-corrected chi connectivity index (χ3v) is 4.94. The van der Waals surface area contributed by atoms with Crippen LogP contribution in [0, 0.1) is 0 Å².